The fourth-order valence-corrected chi connectivity index (χ4v) is 2.75. The van der Waals surface area contributed by atoms with Crippen molar-refractivity contribution in [3.63, 3.8) is 0 Å². The van der Waals surface area contributed by atoms with E-state index in [9.17, 15) is 4.79 Å². The summed E-state index contributed by atoms with van der Waals surface area (Å²) in [6, 6.07) is 10.8. The molecule has 0 aliphatic heterocycles. The molecule has 0 fully saturated rings. The number of furan rings is 1. The first-order valence-corrected chi connectivity index (χ1v) is 8.42. The summed E-state index contributed by atoms with van der Waals surface area (Å²) in [6.45, 7) is 3.85. The highest BCUT2D eigenvalue weighted by Gasteiger charge is 2.25. The van der Waals surface area contributed by atoms with Crippen molar-refractivity contribution in [1.82, 2.24) is 19.7 Å². The van der Waals surface area contributed by atoms with Crippen LogP contribution in [0.1, 0.15) is 42.1 Å². The lowest BCUT2D eigenvalue weighted by atomic mass is 10.2. The summed E-state index contributed by atoms with van der Waals surface area (Å²) in [5, 5.41) is 4.95. The molecule has 1 amide bonds. The maximum atomic E-state index is 12.8. The Balaban J connectivity index is 1.93. The van der Waals surface area contributed by atoms with Crippen molar-refractivity contribution in [2.24, 2.45) is 0 Å². The number of amides is 1. The lowest BCUT2D eigenvalue weighted by Gasteiger charge is -2.21. The highest BCUT2D eigenvalue weighted by molar-refractivity contribution is 6.32. The molecule has 2 aromatic heterocycles. The summed E-state index contributed by atoms with van der Waals surface area (Å²) in [5.41, 5.74) is 0.703. The van der Waals surface area contributed by atoms with Crippen molar-refractivity contribution in [3.05, 3.63) is 65.1 Å². The van der Waals surface area contributed by atoms with Crippen LogP contribution in [0.25, 0.3) is 5.69 Å². The first-order valence-electron chi connectivity index (χ1n) is 8.04. The summed E-state index contributed by atoms with van der Waals surface area (Å²) in [4.78, 5) is 18.8. The molecular weight excluding hydrogens is 340 g/mol. The second-order valence-electron chi connectivity index (χ2n) is 5.68. The molecule has 7 heteroatoms. The summed E-state index contributed by atoms with van der Waals surface area (Å²) in [5.74, 6) is 1.25. The van der Waals surface area contributed by atoms with E-state index in [1.807, 2.05) is 38.1 Å². The van der Waals surface area contributed by atoms with Crippen LogP contribution >= 0.6 is 11.6 Å². The van der Waals surface area contributed by atoms with Gasteiger partial charge in [0.05, 0.1) is 23.0 Å². The van der Waals surface area contributed by atoms with Crippen LogP contribution in [0.4, 0.5) is 0 Å². The van der Waals surface area contributed by atoms with Gasteiger partial charge >= 0.3 is 0 Å². The molecule has 0 aliphatic rings. The molecule has 3 aromatic rings. The number of rotatable bonds is 5. The van der Waals surface area contributed by atoms with Crippen molar-refractivity contribution in [2.75, 3.05) is 7.05 Å². The topological polar surface area (TPSA) is 64.2 Å². The standard InChI is InChI=1S/C18H19ClN4O2/c1-4-16-20-17(21-23(16)14-9-6-5-8-13(14)19)18(24)22(3)12(2)15-10-7-11-25-15/h5-12H,4H2,1-3H3/t12-/m1/s1. The number of benzene rings is 1. The van der Waals surface area contributed by atoms with Crippen LogP contribution in [-0.2, 0) is 6.42 Å². The van der Waals surface area contributed by atoms with E-state index < -0.39 is 0 Å². The van der Waals surface area contributed by atoms with E-state index in [4.69, 9.17) is 16.0 Å². The average Bonchev–Trinajstić information content (AvgIpc) is 3.29. The number of nitrogens with zero attached hydrogens (tertiary/aromatic N) is 4. The first kappa shape index (κ1) is 17.2. The highest BCUT2D eigenvalue weighted by Crippen LogP contribution is 2.23. The zero-order chi connectivity index (χ0) is 18.0. The number of carbonyl (C=O) groups is 1. The van der Waals surface area contributed by atoms with E-state index >= 15 is 0 Å². The van der Waals surface area contributed by atoms with Crippen LogP contribution in [0.2, 0.25) is 5.02 Å². The van der Waals surface area contributed by atoms with Crippen molar-refractivity contribution in [3.8, 4) is 5.69 Å². The Kier molecular flexibility index (Phi) is 4.90. The van der Waals surface area contributed by atoms with E-state index in [2.05, 4.69) is 10.1 Å². The fourth-order valence-electron chi connectivity index (χ4n) is 2.53. The molecule has 2 heterocycles. The molecule has 0 aliphatic carbocycles. The zero-order valence-corrected chi connectivity index (χ0v) is 15.1. The van der Waals surface area contributed by atoms with Crippen LogP contribution in [0.3, 0.4) is 0 Å². The lowest BCUT2D eigenvalue weighted by Crippen LogP contribution is -2.30. The minimum absolute atomic E-state index is 0.137. The lowest BCUT2D eigenvalue weighted by molar-refractivity contribution is 0.0714. The SMILES string of the molecule is CCc1nc(C(=O)N(C)[C@H](C)c2ccco2)nn1-c1ccccc1Cl. The van der Waals surface area contributed by atoms with Gasteiger partial charge < -0.3 is 9.32 Å². The normalized spacial score (nSPS) is 12.2. The minimum atomic E-state index is -0.274. The van der Waals surface area contributed by atoms with Crippen molar-refractivity contribution in [1.29, 1.82) is 0 Å². The largest absolute Gasteiger partial charge is 0.467 e. The third-order valence-corrected chi connectivity index (χ3v) is 4.44. The van der Waals surface area contributed by atoms with Gasteiger partial charge in [-0.15, -0.1) is 5.10 Å². The number of hydrogen-bond acceptors (Lipinski definition) is 4. The Bertz CT molecular complexity index is 873. The minimum Gasteiger partial charge on any atom is -0.467 e. The van der Waals surface area contributed by atoms with Crippen molar-refractivity contribution >= 4 is 17.5 Å². The van der Waals surface area contributed by atoms with Crippen LogP contribution in [0, 0.1) is 0 Å². The number of aromatic nitrogens is 3. The molecule has 0 saturated carbocycles. The third kappa shape index (κ3) is 3.30. The van der Waals surface area contributed by atoms with E-state index in [-0.39, 0.29) is 17.8 Å². The van der Waals surface area contributed by atoms with Gasteiger partial charge in [-0.2, -0.15) is 0 Å². The molecule has 0 spiro atoms. The van der Waals surface area contributed by atoms with Gasteiger partial charge in [-0.3, -0.25) is 4.79 Å². The molecule has 25 heavy (non-hydrogen) atoms. The Morgan fingerprint density at radius 2 is 2.08 bits per heavy atom. The molecule has 3 rings (SSSR count). The first-order chi connectivity index (χ1) is 12.0. The molecule has 1 atom stereocenters. The average molecular weight is 359 g/mol. The van der Waals surface area contributed by atoms with E-state index in [1.54, 1.807) is 35.0 Å². The van der Waals surface area contributed by atoms with Crippen LogP contribution in [0.15, 0.2) is 47.1 Å². The Morgan fingerprint density at radius 1 is 1.32 bits per heavy atom. The number of para-hydroxylation sites is 1. The van der Waals surface area contributed by atoms with Crippen molar-refractivity contribution < 1.29 is 9.21 Å². The summed E-state index contributed by atoms with van der Waals surface area (Å²) in [6.07, 6.45) is 2.21. The van der Waals surface area contributed by atoms with Crippen LogP contribution in [-0.4, -0.2) is 32.6 Å². The Morgan fingerprint density at radius 3 is 2.72 bits per heavy atom. The monoisotopic (exact) mass is 358 g/mol. The molecule has 0 N–H and O–H groups in total. The number of hydrogen-bond donors (Lipinski definition) is 0. The van der Waals surface area contributed by atoms with E-state index in [0.717, 1.165) is 0 Å². The van der Waals surface area contributed by atoms with Crippen LogP contribution < -0.4 is 0 Å². The molecule has 0 radical (unpaired) electrons. The van der Waals surface area contributed by atoms with Gasteiger partial charge in [0.15, 0.2) is 0 Å². The number of carbonyl (C=O) groups excluding carboxylic acids is 1. The molecule has 0 bridgehead atoms. The highest BCUT2D eigenvalue weighted by atomic mass is 35.5. The zero-order valence-electron chi connectivity index (χ0n) is 14.3. The molecule has 0 unspecified atom stereocenters. The molecule has 130 valence electrons. The van der Waals surface area contributed by atoms with Gasteiger partial charge in [-0.05, 0) is 31.2 Å². The van der Waals surface area contributed by atoms with Gasteiger partial charge in [0.25, 0.3) is 5.91 Å². The summed E-state index contributed by atoms with van der Waals surface area (Å²) in [7, 11) is 1.71. The molecular formula is C18H19ClN4O2. The second-order valence-corrected chi connectivity index (χ2v) is 6.08. The van der Waals surface area contributed by atoms with E-state index in [0.29, 0.717) is 28.7 Å². The number of aryl methyl sites for hydroxylation is 1. The van der Waals surface area contributed by atoms with Gasteiger partial charge in [0, 0.05) is 13.5 Å². The van der Waals surface area contributed by atoms with Gasteiger partial charge in [-0.25, -0.2) is 9.67 Å². The Labute approximate surface area is 151 Å². The van der Waals surface area contributed by atoms with Gasteiger partial charge in [-0.1, -0.05) is 30.7 Å². The smallest absolute Gasteiger partial charge is 0.293 e. The van der Waals surface area contributed by atoms with Crippen LogP contribution in [0.5, 0.6) is 0 Å². The number of halogens is 1. The third-order valence-electron chi connectivity index (χ3n) is 4.12. The Hall–Kier alpha value is -2.60. The fraction of sp³-hybridized carbons (Fsp3) is 0.278. The van der Waals surface area contributed by atoms with Crippen molar-refractivity contribution in [2.45, 2.75) is 26.3 Å². The van der Waals surface area contributed by atoms with E-state index in [1.165, 1.54) is 0 Å². The molecule has 6 nitrogen and oxygen atoms in total. The second kappa shape index (κ2) is 7.11. The summed E-state index contributed by atoms with van der Waals surface area (Å²) >= 11 is 6.26. The summed E-state index contributed by atoms with van der Waals surface area (Å²) < 4.78 is 7.01. The molecule has 0 saturated heterocycles. The maximum absolute atomic E-state index is 12.8. The molecule has 1 aromatic carbocycles. The van der Waals surface area contributed by atoms with Gasteiger partial charge in [0.1, 0.15) is 11.6 Å². The van der Waals surface area contributed by atoms with Gasteiger partial charge in [0.2, 0.25) is 5.82 Å². The predicted molar refractivity (Wildman–Crippen MR) is 95.0 cm³/mol. The maximum Gasteiger partial charge on any atom is 0.293 e. The predicted octanol–water partition coefficient (Wildman–Crippen LogP) is 3.91. The quantitative estimate of drug-likeness (QED) is 0.693.